The summed E-state index contributed by atoms with van der Waals surface area (Å²) in [6, 6.07) is 5.30. The van der Waals surface area contributed by atoms with Gasteiger partial charge in [0.15, 0.2) is 0 Å². The molecule has 1 aliphatic heterocycles. The molecule has 3 amide bonds. The fourth-order valence-corrected chi connectivity index (χ4v) is 5.02. The molecule has 0 radical (unpaired) electrons. The number of hydrogen-bond acceptors (Lipinski definition) is 3. The van der Waals surface area contributed by atoms with Crippen LogP contribution in [0.5, 0.6) is 0 Å². The highest BCUT2D eigenvalue weighted by atomic mass is 35.5. The molecule has 5 nitrogen and oxygen atoms in total. The first-order valence-corrected chi connectivity index (χ1v) is 9.24. The zero-order chi connectivity index (χ0) is 17.7. The Morgan fingerprint density at radius 1 is 1.20 bits per heavy atom. The van der Waals surface area contributed by atoms with Crippen LogP contribution in [0.1, 0.15) is 31.2 Å². The van der Waals surface area contributed by atoms with Crippen molar-refractivity contribution in [1.29, 1.82) is 0 Å². The van der Waals surface area contributed by atoms with Crippen LogP contribution in [0.2, 0.25) is 5.02 Å². The molecule has 1 saturated heterocycles. The second kappa shape index (κ2) is 6.13. The van der Waals surface area contributed by atoms with Crippen LogP contribution < -0.4 is 5.32 Å². The molecule has 0 spiro atoms. The maximum Gasteiger partial charge on any atom is 0.233 e. The number of carbonyl (C=O) groups excluding carboxylic acids is 3. The lowest BCUT2D eigenvalue weighted by Crippen LogP contribution is -2.35. The van der Waals surface area contributed by atoms with Crippen LogP contribution in [0.15, 0.2) is 18.2 Å². The van der Waals surface area contributed by atoms with Crippen LogP contribution in [0.4, 0.5) is 5.69 Å². The van der Waals surface area contributed by atoms with Crippen molar-refractivity contribution in [1.82, 2.24) is 4.90 Å². The number of likely N-dealkylation sites (tertiary alicyclic amines) is 1. The average molecular weight is 361 g/mol. The van der Waals surface area contributed by atoms with Gasteiger partial charge in [-0.3, -0.25) is 19.3 Å². The van der Waals surface area contributed by atoms with E-state index in [0.29, 0.717) is 22.5 Å². The Morgan fingerprint density at radius 3 is 2.48 bits per heavy atom. The highest BCUT2D eigenvalue weighted by molar-refractivity contribution is 6.31. The van der Waals surface area contributed by atoms with Gasteiger partial charge in [0.05, 0.1) is 11.8 Å². The summed E-state index contributed by atoms with van der Waals surface area (Å²) in [6.07, 6.45) is 3.26. The number of anilines is 1. The molecule has 25 heavy (non-hydrogen) atoms. The predicted octanol–water partition coefficient (Wildman–Crippen LogP) is 3.01. The second-order valence-electron chi connectivity index (χ2n) is 7.47. The molecule has 2 bridgehead atoms. The summed E-state index contributed by atoms with van der Waals surface area (Å²) in [7, 11) is 0. The first kappa shape index (κ1) is 16.6. The van der Waals surface area contributed by atoms with E-state index in [1.165, 1.54) is 4.90 Å². The zero-order valence-electron chi connectivity index (χ0n) is 14.1. The van der Waals surface area contributed by atoms with Gasteiger partial charge in [-0.05, 0) is 55.7 Å². The smallest absolute Gasteiger partial charge is 0.233 e. The molecule has 2 saturated carbocycles. The molecule has 2 aliphatic carbocycles. The fourth-order valence-electron chi connectivity index (χ4n) is 4.85. The Balaban J connectivity index is 1.38. The summed E-state index contributed by atoms with van der Waals surface area (Å²) in [4.78, 5) is 38.8. The molecule has 4 rings (SSSR count). The number of halogens is 1. The van der Waals surface area contributed by atoms with E-state index in [1.807, 2.05) is 13.0 Å². The molecular formula is C19H21ClN2O3. The SMILES string of the molecule is Cc1ccc(Cl)cc1NC(=O)CCN1C(=O)[C@H]2[C@H]3CC[C@@H](C3)[C@@H]2C1=O. The monoisotopic (exact) mass is 360 g/mol. The van der Waals surface area contributed by atoms with Crippen LogP contribution in [-0.4, -0.2) is 29.2 Å². The van der Waals surface area contributed by atoms with Crippen LogP contribution >= 0.6 is 11.6 Å². The van der Waals surface area contributed by atoms with E-state index in [-0.39, 0.29) is 42.5 Å². The molecule has 132 valence electrons. The lowest BCUT2D eigenvalue weighted by Gasteiger charge is -2.19. The highest BCUT2D eigenvalue weighted by Crippen LogP contribution is 2.56. The summed E-state index contributed by atoms with van der Waals surface area (Å²) >= 11 is 5.96. The first-order chi connectivity index (χ1) is 12.0. The molecule has 4 atom stereocenters. The number of fused-ring (bicyclic) bond motifs is 5. The van der Waals surface area contributed by atoms with Gasteiger partial charge in [-0.15, -0.1) is 0 Å². The van der Waals surface area contributed by atoms with Crippen molar-refractivity contribution >= 4 is 35.0 Å². The number of rotatable bonds is 4. The predicted molar refractivity (Wildman–Crippen MR) is 94.0 cm³/mol. The molecular weight excluding hydrogens is 340 g/mol. The van der Waals surface area contributed by atoms with Gasteiger partial charge in [-0.25, -0.2) is 0 Å². The van der Waals surface area contributed by atoms with E-state index in [1.54, 1.807) is 12.1 Å². The summed E-state index contributed by atoms with van der Waals surface area (Å²) in [5.74, 6) is 0.168. The summed E-state index contributed by atoms with van der Waals surface area (Å²) in [5.41, 5.74) is 1.57. The third kappa shape index (κ3) is 2.74. The number of nitrogens with one attached hydrogen (secondary N) is 1. The van der Waals surface area contributed by atoms with E-state index in [4.69, 9.17) is 11.6 Å². The van der Waals surface area contributed by atoms with Crippen molar-refractivity contribution in [3.05, 3.63) is 28.8 Å². The van der Waals surface area contributed by atoms with Gasteiger partial charge in [0.25, 0.3) is 0 Å². The fraction of sp³-hybridized carbons (Fsp3) is 0.526. The lowest BCUT2D eigenvalue weighted by atomic mass is 9.81. The van der Waals surface area contributed by atoms with Crippen molar-refractivity contribution in [3.8, 4) is 0 Å². The van der Waals surface area contributed by atoms with Crippen molar-refractivity contribution in [2.45, 2.75) is 32.6 Å². The minimum absolute atomic E-state index is 0.0612. The standard InChI is InChI=1S/C19H21ClN2O3/c1-10-2-5-13(20)9-14(10)21-15(23)6-7-22-18(24)16-11-3-4-12(8-11)17(16)19(22)25/h2,5,9,11-12,16-17H,3-4,6-8H2,1H3,(H,21,23)/t11-,12-,16-,17-/m0/s1. The maximum atomic E-state index is 12.6. The molecule has 3 aliphatic rings. The van der Waals surface area contributed by atoms with Gasteiger partial charge in [-0.1, -0.05) is 17.7 Å². The normalized spacial score (nSPS) is 30.1. The zero-order valence-corrected chi connectivity index (χ0v) is 14.9. The van der Waals surface area contributed by atoms with Crippen molar-refractivity contribution in [2.75, 3.05) is 11.9 Å². The van der Waals surface area contributed by atoms with Crippen LogP contribution in [0, 0.1) is 30.6 Å². The van der Waals surface area contributed by atoms with Crippen molar-refractivity contribution < 1.29 is 14.4 Å². The largest absolute Gasteiger partial charge is 0.326 e. The van der Waals surface area contributed by atoms with E-state index in [9.17, 15) is 14.4 Å². The number of amides is 3. The van der Waals surface area contributed by atoms with Gasteiger partial charge in [-0.2, -0.15) is 0 Å². The van der Waals surface area contributed by atoms with Crippen LogP contribution in [0.25, 0.3) is 0 Å². The number of aryl methyl sites for hydroxylation is 1. The Kier molecular flexibility index (Phi) is 4.07. The molecule has 1 aromatic carbocycles. The Bertz CT molecular complexity index is 735. The lowest BCUT2D eigenvalue weighted by molar-refractivity contribution is -0.140. The second-order valence-corrected chi connectivity index (χ2v) is 7.91. The van der Waals surface area contributed by atoms with Gasteiger partial charge in [0.1, 0.15) is 0 Å². The van der Waals surface area contributed by atoms with Crippen LogP contribution in [-0.2, 0) is 14.4 Å². The third-order valence-electron chi connectivity index (χ3n) is 6.05. The number of nitrogens with zero attached hydrogens (tertiary/aromatic N) is 1. The summed E-state index contributed by atoms with van der Waals surface area (Å²) in [6.45, 7) is 2.05. The third-order valence-corrected chi connectivity index (χ3v) is 6.29. The minimum Gasteiger partial charge on any atom is -0.326 e. The van der Waals surface area contributed by atoms with Gasteiger partial charge in [0.2, 0.25) is 17.7 Å². The van der Waals surface area contributed by atoms with Gasteiger partial charge >= 0.3 is 0 Å². The molecule has 0 aromatic heterocycles. The number of benzene rings is 1. The highest BCUT2D eigenvalue weighted by Gasteiger charge is 2.60. The molecule has 1 aromatic rings. The first-order valence-electron chi connectivity index (χ1n) is 8.87. The maximum absolute atomic E-state index is 12.6. The number of carbonyl (C=O) groups is 3. The van der Waals surface area contributed by atoms with E-state index >= 15 is 0 Å². The average Bonchev–Trinajstić information content (AvgIpc) is 3.24. The van der Waals surface area contributed by atoms with Gasteiger partial charge < -0.3 is 5.32 Å². The number of imide groups is 1. The van der Waals surface area contributed by atoms with Crippen LogP contribution in [0.3, 0.4) is 0 Å². The molecule has 1 heterocycles. The Labute approximate surface area is 151 Å². The van der Waals surface area contributed by atoms with Crippen molar-refractivity contribution in [3.63, 3.8) is 0 Å². The summed E-state index contributed by atoms with van der Waals surface area (Å²) < 4.78 is 0. The van der Waals surface area contributed by atoms with Crippen molar-refractivity contribution in [2.24, 2.45) is 23.7 Å². The molecule has 0 unspecified atom stereocenters. The molecule has 3 fully saturated rings. The summed E-state index contributed by atoms with van der Waals surface area (Å²) in [5, 5.41) is 3.36. The molecule has 6 heteroatoms. The number of hydrogen-bond donors (Lipinski definition) is 1. The van der Waals surface area contributed by atoms with E-state index in [0.717, 1.165) is 24.8 Å². The topological polar surface area (TPSA) is 66.5 Å². The quantitative estimate of drug-likeness (QED) is 0.839. The van der Waals surface area contributed by atoms with Gasteiger partial charge in [0, 0.05) is 23.7 Å². The Morgan fingerprint density at radius 2 is 1.84 bits per heavy atom. The Hall–Kier alpha value is -1.88. The molecule has 1 N–H and O–H groups in total. The minimum atomic E-state index is -0.217. The van der Waals surface area contributed by atoms with E-state index < -0.39 is 0 Å². The van der Waals surface area contributed by atoms with E-state index in [2.05, 4.69) is 5.32 Å².